The summed E-state index contributed by atoms with van der Waals surface area (Å²) in [5.41, 5.74) is 1.24. The van der Waals surface area contributed by atoms with Crippen LogP contribution in [-0.2, 0) is 6.54 Å². The van der Waals surface area contributed by atoms with Crippen molar-refractivity contribution in [3.8, 4) is 0 Å². The molecule has 0 aliphatic rings. The summed E-state index contributed by atoms with van der Waals surface area (Å²) in [6.07, 6.45) is 3.64. The molecule has 0 radical (unpaired) electrons. The Morgan fingerprint density at radius 3 is 2.69 bits per heavy atom. The van der Waals surface area contributed by atoms with Crippen LogP contribution in [0.4, 0.5) is 0 Å². The van der Waals surface area contributed by atoms with E-state index in [0.29, 0.717) is 6.04 Å². The van der Waals surface area contributed by atoms with Gasteiger partial charge in [-0.25, -0.2) is 0 Å². The molecule has 0 aliphatic heterocycles. The zero-order valence-electron chi connectivity index (χ0n) is 9.89. The predicted octanol–water partition coefficient (Wildman–Crippen LogP) is 4.77. The molecule has 0 fully saturated rings. The Morgan fingerprint density at radius 2 is 2.12 bits per heavy atom. The first kappa shape index (κ1) is 14.0. The zero-order valence-corrected chi connectivity index (χ0v) is 12.2. The number of hydrogen-bond acceptors (Lipinski definition) is 1. The van der Waals surface area contributed by atoms with Crippen molar-refractivity contribution in [3.05, 3.63) is 33.3 Å². The van der Waals surface area contributed by atoms with Crippen LogP contribution in [0.5, 0.6) is 0 Å². The van der Waals surface area contributed by atoms with E-state index in [2.05, 4.69) is 41.2 Å². The van der Waals surface area contributed by atoms with E-state index >= 15 is 0 Å². The average molecular weight is 305 g/mol. The summed E-state index contributed by atoms with van der Waals surface area (Å²) in [4.78, 5) is 0. The van der Waals surface area contributed by atoms with Crippen LogP contribution in [-0.4, -0.2) is 6.04 Å². The van der Waals surface area contributed by atoms with Gasteiger partial charge in [-0.1, -0.05) is 37.9 Å². The molecular weight excluding hydrogens is 286 g/mol. The van der Waals surface area contributed by atoms with E-state index in [0.717, 1.165) is 16.0 Å². The third kappa shape index (κ3) is 4.44. The lowest BCUT2D eigenvalue weighted by atomic mass is 10.1. The number of hydrogen-bond donors (Lipinski definition) is 1. The van der Waals surface area contributed by atoms with Crippen LogP contribution in [0.25, 0.3) is 0 Å². The first-order chi connectivity index (χ1) is 7.67. The van der Waals surface area contributed by atoms with Gasteiger partial charge in [0.2, 0.25) is 0 Å². The van der Waals surface area contributed by atoms with Crippen molar-refractivity contribution in [1.82, 2.24) is 5.32 Å². The van der Waals surface area contributed by atoms with Gasteiger partial charge in [-0.3, -0.25) is 0 Å². The third-order valence-corrected chi connectivity index (χ3v) is 3.94. The van der Waals surface area contributed by atoms with Crippen LogP contribution in [0.1, 0.15) is 38.7 Å². The number of halogens is 2. The summed E-state index contributed by atoms with van der Waals surface area (Å²) in [7, 11) is 0. The lowest BCUT2D eigenvalue weighted by Crippen LogP contribution is -2.27. The Kier molecular flexibility index (Phi) is 6.40. The highest BCUT2D eigenvalue weighted by atomic mass is 79.9. The van der Waals surface area contributed by atoms with Gasteiger partial charge in [-0.05, 0) is 46.5 Å². The minimum absolute atomic E-state index is 0.618. The second-order valence-electron chi connectivity index (χ2n) is 4.02. The fourth-order valence-electron chi connectivity index (χ4n) is 1.71. The summed E-state index contributed by atoms with van der Waals surface area (Å²) in [5, 5.41) is 4.34. The highest BCUT2D eigenvalue weighted by Crippen LogP contribution is 2.23. The fourth-order valence-corrected chi connectivity index (χ4v) is 2.16. The molecule has 0 spiro atoms. The summed E-state index contributed by atoms with van der Waals surface area (Å²) in [6.45, 7) is 5.34. The van der Waals surface area contributed by atoms with Crippen LogP contribution in [0.3, 0.4) is 0 Å². The van der Waals surface area contributed by atoms with E-state index in [-0.39, 0.29) is 0 Å². The summed E-state index contributed by atoms with van der Waals surface area (Å²) in [6, 6.07) is 6.73. The van der Waals surface area contributed by atoms with Gasteiger partial charge in [0, 0.05) is 17.1 Å². The van der Waals surface area contributed by atoms with Crippen LogP contribution in [0.15, 0.2) is 22.7 Å². The molecule has 0 bridgehead atoms. The maximum atomic E-state index is 6.05. The zero-order chi connectivity index (χ0) is 12.0. The van der Waals surface area contributed by atoms with Gasteiger partial charge in [0.25, 0.3) is 0 Å². The molecular formula is C13H19BrClN. The Balaban J connectivity index is 2.50. The molecule has 0 saturated heterocycles. The Labute approximate surface area is 112 Å². The molecule has 0 aromatic heterocycles. The van der Waals surface area contributed by atoms with Crippen molar-refractivity contribution in [2.24, 2.45) is 0 Å². The SMILES string of the molecule is CCCC(CC)NCc1ccc(Br)c(Cl)c1. The van der Waals surface area contributed by atoms with E-state index in [4.69, 9.17) is 11.6 Å². The van der Waals surface area contributed by atoms with Crippen molar-refractivity contribution in [2.45, 2.75) is 45.7 Å². The van der Waals surface area contributed by atoms with Crippen LogP contribution in [0, 0.1) is 0 Å². The van der Waals surface area contributed by atoms with Crippen molar-refractivity contribution >= 4 is 27.5 Å². The van der Waals surface area contributed by atoms with E-state index in [1.165, 1.54) is 24.8 Å². The van der Waals surface area contributed by atoms with Crippen LogP contribution >= 0.6 is 27.5 Å². The molecule has 0 aliphatic carbocycles. The molecule has 1 unspecified atom stereocenters. The monoisotopic (exact) mass is 303 g/mol. The first-order valence-corrected chi connectivity index (χ1v) is 7.01. The summed E-state index contributed by atoms with van der Waals surface area (Å²) in [5.74, 6) is 0. The molecule has 1 nitrogen and oxygen atoms in total. The topological polar surface area (TPSA) is 12.0 Å². The van der Waals surface area contributed by atoms with Crippen LogP contribution in [0.2, 0.25) is 5.02 Å². The molecule has 0 heterocycles. The highest BCUT2D eigenvalue weighted by molar-refractivity contribution is 9.10. The van der Waals surface area contributed by atoms with Crippen molar-refractivity contribution in [3.63, 3.8) is 0 Å². The van der Waals surface area contributed by atoms with Gasteiger partial charge in [-0.15, -0.1) is 0 Å². The molecule has 1 aromatic rings. The molecule has 1 rings (SSSR count). The molecule has 16 heavy (non-hydrogen) atoms. The minimum atomic E-state index is 0.618. The Bertz CT molecular complexity index is 328. The van der Waals surface area contributed by atoms with E-state index in [9.17, 15) is 0 Å². The second kappa shape index (κ2) is 7.31. The normalized spacial score (nSPS) is 12.8. The first-order valence-electron chi connectivity index (χ1n) is 5.84. The van der Waals surface area contributed by atoms with Crippen molar-refractivity contribution < 1.29 is 0 Å². The predicted molar refractivity (Wildman–Crippen MR) is 75.0 cm³/mol. The summed E-state index contributed by atoms with van der Waals surface area (Å²) < 4.78 is 0.957. The third-order valence-electron chi connectivity index (χ3n) is 2.71. The van der Waals surface area contributed by atoms with E-state index in [1.807, 2.05) is 12.1 Å². The smallest absolute Gasteiger partial charge is 0.0551 e. The lowest BCUT2D eigenvalue weighted by Gasteiger charge is -2.16. The Morgan fingerprint density at radius 1 is 1.38 bits per heavy atom. The fraction of sp³-hybridized carbons (Fsp3) is 0.538. The second-order valence-corrected chi connectivity index (χ2v) is 5.28. The van der Waals surface area contributed by atoms with Crippen LogP contribution < -0.4 is 5.32 Å². The van der Waals surface area contributed by atoms with Gasteiger partial charge in [0.15, 0.2) is 0 Å². The van der Waals surface area contributed by atoms with Gasteiger partial charge in [0.05, 0.1) is 5.02 Å². The van der Waals surface area contributed by atoms with Gasteiger partial charge < -0.3 is 5.32 Å². The Hall–Kier alpha value is -0.0500. The molecule has 3 heteroatoms. The highest BCUT2D eigenvalue weighted by Gasteiger charge is 2.04. The number of rotatable bonds is 6. The number of nitrogens with one attached hydrogen (secondary N) is 1. The molecule has 0 saturated carbocycles. The van der Waals surface area contributed by atoms with E-state index < -0.39 is 0 Å². The average Bonchev–Trinajstić information content (AvgIpc) is 2.28. The molecule has 90 valence electrons. The van der Waals surface area contributed by atoms with E-state index in [1.54, 1.807) is 0 Å². The molecule has 1 N–H and O–H groups in total. The maximum absolute atomic E-state index is 6.05. The number of benzene rings is 1. The molecule has 1 atom stereocenters. The molecule has 0 amide bonds. The van der Waals surface area contributed by atoms with Crippen molar-refractivity contribution in [1.29, 1.82) is 0 Å². The standard InChI is InChI=1S/C13H19BrClN/c1-3-5-11(4-2)16-9-10-6-7-12(14)13(15)8-10/h6-8,11,16H,3-5,9H2,1-2H3. The van der Waals surface area contributed by atoms with Gasteiger partial charge >= 0.3 is 0 Å². The minimum Gasteiger partial charge on any atom is -0.310 e. The quantitative estimate of drug-likeness (QED) is 0.798. The van der Waals surface area contributed by atoms with Gasteiger partial charge in [0.1, 0.15) is 0 Å². The molecule has 1 aromatic carbocycles. The van der Waals surface area contributed by atoms with Crippen molar-refractivity contribution in [2.75, 3.05) is 0 Å². The largest absolute Gasteiger partial charge is 0.310 e. The summed E-state index contributed by atoms with van der Waals surface area (Å²) >= 11 is 9.45. The van der Waals surface area contributed by atoms with Gasteiger partial charge in [-0.2, -0.15) is 0 Å². The lowest BCUT2D eigenvalue weighted by molar-refractivity contribution is 0.462. The maximum Gasteiger partial charge on any atom is 0.0551 e.